The summed E-state index contributed by atoms with van der Waals surface area (Å²) in [7, 11) is 0. The van der Waals surface area contributed by atoms with Gasteiger partial charge in [0.05, 0.1) is 0 Å². The minimum absolute atomic E-state index is 0.109. The molecule has 0 spiro atoms. The Morgan fingerprint density at radius 3 is 2.23 bits per heavy atom. The van der Waals surface area contributed by atoms with Crippen LogP contribution >= 0.6 is 34.8 Å². The van der Waals surface area contributed by atoms with Crippen LogP contribution in [0.2, 0.25) is 10.0 Å². The Kier molecular flexibility index (Phi) is 9.06. The van der Waals surface area contributed by atoms with Crippen molar-refractivity contribution in [1.82, 2.24) is 10.2 Å². The second-order valence-corrected chi connectivity index (χ2v) is 9.01. The molecule has 2 aromatic carbocycles. The second-order valence-electron chi connectivity index (χ2n) is 7.90. The molecule has 1 saturated carbocycles. The summed E-state index contributed by atoms with van der Waals surface area (Å²) in [5.74, 6) is -0.775. The van der Waals surface area contributed by atoms with Crippen molar-refractivity contribution < 1.29 is 9.59 Å². The Labute approximate surface area is 198 Å². The first-order chi connectivity index (χ1) is 15.0. The minimum Gasteiger partial charge on any atom is -0.351 e. The summed E-state index contributed by atoms with van der Waals surface area (Å²) in [5, 5.41) is 4.29. The molecule has 0 bridgehead atoms. The van der Waals surface area contributed by atoms with Gasteiger partial charge in [0.1, 0.15) is 11.9 Å². The molecule has 31 heavy (non-hydrogen) atoms. The quantitative estimate of drug-likeness (QED) is 0.381. The van der Waals surface area contributed by atoms with Crippen LogP contribution in [0.4, 0.5) is 0 Å². The molecule has 0 aliphatic heterocycles. The van der Waals surface area contributed by atoms with Crippen LogP contribution in [-0.2, 0) is 16.1 Å². The van der Waals surface area contributed by atoms with E-state index in [-0.39, 0.29) is 30.3 Å². The lowest BCUT2D eigenvalue weighted by Crippen LogP contribution is -2.46. The predicted molar refractivity (Wildman–Crippen MR) is 127 cm³/mol. The fourth-order valence-electron chi connectivity index (χ4n) is 4.03. The zero-order valence-electron chi connectivity index (χ0n) is 17.3. The van der Waals surface area contributed by atoms with Gasteiger partial charge in [0.2, 0.25) is 11.8 Å². The third-order valence-corrected chi connectivity index (χ3v) is 6.53. The molecule has 2 amide bonds. The Morgan fingerprint density at radius 1 is 0.968 bits per heavy atom. The van der Waals surface area contributed by atoms with Gasteiger partial charge in [-0.2, -0.15) is 0 Å². The summed E-state index contributed by atoms with van der Waals surface area (Å²) >= 11 is 18.4. The molecule has 7 heteroatoms. The number of nitrogens with one attached hydrogen (secondary N) is 1. The standard InChI is InChI=1S/C24H27Cl3N2O2/c25-15-22(30)29(16-18-7-5-6-10-21(18)27)23(17-11-13-19(26)14-12-17)24(31)28-20-8-3-1-2-4-9-20/h5-7,10-14,20,23H,1-4,8-9,15-16H2,(H,28,31)/t23-/m1/s1. The average molecular weight is 482 g/mol. The van der Waals surface area contributed by atoms with E-state index in [2.05, 4.69) is 5.32 Å². The highest BCUT2D eigenvalue weighted by Gasteiger charge is 2.32. The van der Waals surface area contributed by atoms with Crippen molar-refractivity contribution in [3.8, 4) is 0 Å². The second kappa shape index (κ2) is 11.8. The molecule has 3 rings (SSSR count). The molecule has 0 unspecified atom stereocenters. The number of amides is 2. The van der Waals surface area contributed by atoms with E-state index in [4.69, 9.17) is 34.8 Å². The van der Waals surface area contributed by atoms with Gasteiger partial charge in [0.15, 0.2) is 0 Å². The third kappa shape index (κ3) is 6.61. The smallest absolute Gasteiger partial charge is 0.247 e. The summed E-state index contributed by atoms with van der Waals surface area (Å²) < 4.78 is 0. The Morgan fingerprint density at radius 2 is 1.61 bits per heavy atom. The van der Waals surface area contributed by atoms with Crippen LogP contribution in [0.1, 0.15) is 55.7 Å². The number of rotatable bonds is 7. The van der Waals surface area contributed by atoms with Gasteiger partial charge >= 0.3 is 0 Å². The summed E-state index contributed by atoms with van der Waals surface area (Å²) in [4.78, 5) is 27.9. The number of hydrogen-bond donors (Lipinski definition) is 1. The van der Waals surface area contributed by atoms with Gasteiger partial charge in [-0.1, -0.05) is 79.2 Å². The summed E-state index contributed by atoms with van der Waals surface area (Å²) in [6, 6.07) is 13.6. The summed E-state index contributed by atoms with van der Waals surface area (Å²) in [5.41, 5.74) is 1.44. The molecule has 0 radical (unpaired) electrons. The molecule has 0 heterocycles. The molecule has 2 aromatic rings. The molecule has 4 nitrogen and oxygen atoms in total. The largest absolute Gasteiger partial charge is 0.351 e. The first-order valence-electron chi connectivity index (χ1n) is 10.6. The Hall–Kier alpha value is -1.75. The van der Waals surface area contributed by atoms with Crippen molar-refractivity contribution in [3.05, 3.63) is 69.7 Å². The maximum Gasteiger partial charge on any atom is 0.247 e. The van der Waals surface area contributed by atoms with Crippen LogP contribution in [0.5, 0.6) is 0 Å². The van der Waals surface area contributed by atoms with Crippen molar-refractivity contribution >= 4 is 46.6 Å². The first kappa shape index (κ1) is 23.9. The normalized spacial score (nSPS) is 15.7. The van der Waals surface area contributed by atoms with Crippen LogP contribution in [0, 0.1) is 0 Å². The molecule has 1 fully saturated rings. The maximum absolute atomic E-state index is 13.5. The Bertz CT molecular complexity index is 881. The fourth-order valence-corrected chi connectivity index (χ4v) is 4.51. The summed E-state index contributed by atoms with van der Waals surface area (Å²) in [6.45, 7) is 0.177. The number of halogens is 3. The van der Waals surface area contributed by atoms with Crippen LogP contribution in [-0.4, -0.2) is 28.6 Å². The number of benzene rings is 2. The van der Waals surface area contributed by atoms with Crippen LogP contribution < -0.4 is 5.32 Å². The molecule has 1 aliphatic rings. The maximum atomic E-state index is 13.5. The van der Waals surface area contributed by atoms with Gasteiger partial charge in [-0.3, -0.25) is 9.59 Å². The van der Waals surface area contributed by atoms with Crippen LogP contribution in [0.15, 0.2) is 48.5 Å². The van der Waals surface area contributed by atoms with Crippen molar-refractivity contribution in [2.75, 3.05) is 5.88 Å². The highest BCUT2D eigenvalue weighted by molar-refractivity contribution is 6.31. The number of nitrogens with zero attached hydrogens (tertiary/aromatic N) is 1. The van der Waals surface area contributed by atoms with Crippen LogP contribution in [0.25, 0.3) is 0 Å². The highest BCUT2D eigenvalue weighted by atomic mass is 35.5. The zero-order valence-corrected chi connectivity index (χ0v) is 19.6. The Balaban J connectivity index is 1.94. The lowest BCUT2D eigenvalue weighted by atomic mass is 10.0. The van der Waals surface area contributed by atoms with E-state index in [9.17, 15) is 9.59 Å². The molecule has 1 N–H and O–H groups in total. The highest BCUT2D eigenvalue weighted by Crippen LogP contribution is 2.28. The number of carbonyl (C=O) groups excluding carboxylic acids is 2. The van der Waals surface area contributed by atoms with E-state index in [0.29, 0.717) is 15.6 Å². The van der Waals surface area contributed by atoms with Gasteiger partial charge in [-0.15, -0.1) is 11.6 Å². The summed E-state index contributed by atoms with van der Waals surface area (Å²) in [6.07, 6.45) is 6.48. The van der Waals surface area contributed by atoms with E-state index in [1.54, 1.807) is 30.3 Å². The molecule has 0 saturated heterocycles. The number of carbonyl (C=O) groups is 2. The van der Waals surface area contributed by atoms with E-state index in [1.165, 1.54) is 17.7 Å². The third-order valence-electron chi connectivity index (χ3n) is 5.68. The monoisotopic (exact) mass is 480 g/mol. The minimum atomic E-state index is -0.831. The molecule has 166 valence electrons. The SMILES string of the molecule is O=C(NC1CCCCCC1)[C@@H](c1ccc(Cl)cc1)N(Cc1ccccc1Cl)C(=O)CCl. The van der Waals surface area contributed by atoms with Crippen molar-refractivity contribution in [3.63, 3.8) is 0 Å². The fraction of sp³-hybridized carbons (Fsp3) is 0.417. The van der Waals surface area contributed by atoms with E-state index in [1.807, 2.05) is 18.2 Å². The first-order valence-corrected chi connectivity index (χ1v) is 11.9. The molecular weight excluding hydrogens is 455 g/mol. The van der Waals surface area contributed by atoms with E-state index < -0.39 is 6.04 Å². The number of hydrogen-bond acceptors (Lipinski definition) is 2. The van der Waals surface area contributed by atoms with Crippen molar-refractivity contribution in [1.29, 1.82) is 0 Å². The van der Waals surface area contributed by atoms with E-state index in [0.717, 1.165) is 31.2 Å². The molecule has 1 aliphatic carbocycles. The van der Waals surface area contributed by atoms with Gasteiger partial charge in [0.25, 0.3) is 0 Å². The molecule has 0 aromatic heterocycles. The average Bonchev–Trinajstić information content (AvgIpc) is 3.04. The van der Waals surface area contributed by atoms with Crippen molar-refractivity contribution in [2.45, 2.75) is 57.2 Å². The van der Waals surface area contributed by atoms with Crippen molar-refractivity contribution in [2.24, 2.45) is 0 Å². The molecule has 1 atom stereocenters. The molecular formula is C24H27Cl3N2O2. The van der Waals surface area contributed by atoms with Gasteiger partial charge in [-0.25, -0.2) is 0 Å². The van der Waals surface area contributed by atoms with Gasteiger partial charge < -0.3 is 10.2 Å². The van der Waals surface area contributed by atoms with E-state index >= 15 is 0 Å². The lowest BCUT2D eigenvalue weighted by molar-refractivity contribution is -0.140. The lowest BCUT2D eigenvalue weighted by Gasteiger charge is -2.32. The van der Waals surface area contributed by atoms with Crippen LogP contribution in [0.3, 0.4) is 0 Å². The topological polar surface area (TPSA) is 49.4 Å². The number of alkyl halides is 1. The van der Waals surface area contributed by atoms with Gasteiger partial charge in [0, 0.05) is 22.6 Å². The predicted octanol–water partition coefficient (Wildman–Crippen LogP) is 6.14. The zero-order chi connectivity index (χ0) is 22.2. The van der Waals surface area contributed by atoms with Gasteiger partial charge in [-0.05, 0) is 42.2 Å².